The maximum atomic E-state index is 12.4. The number of carboxylic acid groups (broad SMARTS) is 1. The van der Waals surface area contributed by atoms with Crippen molar-refractivity contribution in [2.24, 2.45) is 4.99 Å². The Morgan fingerprint density at radius 1 is 1.20 bits per heavy atom. The quantitative estimate of drug-likeness (QED) is 0.825. The Labute approximate surface area is 148 Å². The van der Waals surface area contributed by atoms with E-state index in [4.69, 9.17) is 5.11 Å². The summed E-state index contributed by atoms with van der Waals surface area (Å²) in [5, 5.41) is 18.9. The van der Waals surface area contributed by atoms with Crippen molar-refractivity contribution in [1.82, 2.24) is 4.90 Å². The SMILES string of the molecule is CN1C(=O)/C(=C/c2cccc(O)c2)SC1=Nc1ccc(C(=O)O)cc1. The molecule has 7 heteroatoms. The fraction of sp³-hybridized carbons (Fsp3) is 0.0556. The third kappa shape index (κ3) is 3.72. The summed E-state index contributed by atoms with van der Waals surface area (Å²) < 4.78 is 0. The lowest BCUT2D eigenvalue weighted by Gasteiger charge is -2.07. The average Bonchev–Trinajstić information content (AvgIpc) is 2.83. The van der Waals surface area contributed by atoms with E-state index >= 15 is 0 Å². The number of aromatic carboxylic acids is 1. The normalized spacial score (nSPS) is 17.5. The zero-order valence-corrected chi connectivity index (χ0v) is 14.0. The second-order valence-electron chi connectivity index (χ2n) is 5.32. The van der Waals surface area contributed by atoms with Gasteiger partial charge in [0.1, 0.15) is 5.75 Å². The van der Waals surface area contributed by atoms with Crippen molar-refractivity contribution in [1.29, 1.82) is 0 Å². The van der Waals surface area contributed by atoms with Gasteiger partial charge in [0, 0.05) is 7.05 Å². The zero-order valence-electron chi connectivity index (χ0n) is 13.2. The molecule has 2 aromatic rings. The molecule has 0 radical (unpaired) electrons. The van der Waals surface area contributed by atoms with Crippen LogP contribution in [-0.2, 0) is 4.79 Å². The van der Waals surface area contributed by atoms with Gasteiger partial charge in [0.05, 0.1) is 16.2 Å². The molecule has 2 aromatic carbocycles. The Morgan fingerprint density at radius 2 is 1.92 bits per heavy atom. The molecule has 0 spiro atoms. The van der Waals surface area contributed by atoms with E-state index in [-0.39, 0.29) is 17.2 Å². The Bertz CT molecular complexity index is 904. The van der Waals surface area contributed by atoms with E-state index in [1.54, 1.807) is 49.5 Å². The number of likely N-dealkylation sites (N-methyl/N-ethyl adjacent to an activating group) is 1. The van der Waals surface area contributed by atoms with Gasteiger partial charge in [-0.1, -0.05) is 12.1 Å². The Hall–Kier alpha value is -3.06. The van der Waals surface area contributed by atoms with E-state index in [2.05, 4.69) is 4.99 Å². The van der Waals surface area contributed by atoms with Gasteiger partial charge in [0.2, 0.25) is 0 Å². The van der Waals surface area contributed by atoms with Crippen LogP contribution < -0.4 is 0 Å². The summed E-state index contributed by atoms with van der Waals surface area (Å²) in [6.45, 7) is 0. The van der Waals surface area contributed by atoms with E-state index in [1.165, 1.54) is 28.8 Å². The lowest BCUT2D eigenvalue weighted by atomic mass is 10.2. The summed E-state index contributed by atoms with van der Waals surface area (Å²) in [6.07, 6.45) is 1.69. The Balaban J connectivity index is 1.86. The highest BCUT2D eigenvalue weighted by molar-refractivity contribution is 8.18. The third-order valence-corrected chi connectivity index (χ3v) is 4.57. The van der Waals surface area contributed by atoms with E-state index in [0.717, 1.165) is 5.56 Å². The number of aromatic hydroxyl groups is 1. The van der Waals surface area contributed by atoms with E-state index in [9.17, 15) is 14.7 Å². The first-order valence-corrected chi connectivity index (χ1v) is 8.14. The standard InChI is InChI=1S/C18H14N2O4S/c1-20-16(22)15(10-11-3-2-4-14(21)9-11)25-18(20)19-13-7-5-12(6-8-13)17(23)24/h2-10,21H,1H3,(H,23,24)/b15-10-,19-18?. The fourth-order valence-corrected chi connectivity index (χ4v) is 3.19. The molecule has 1 fully saturated rings. The number of phenols is 1. The molecule has 0 atom stereocenters. The van der Waals surface area contributed by atoms with Gasteiger partial charge in [-0.15, -0.1) is 0 Å². The number of nitrogens with zero attached hydrogens (tertiary/aromatic N) is 2. The molecule has 1 saturated heterocycles. The first-order valence-electron chi connectivity index (χ1n) is 7.33. The van der Waals surface area contributed by atoms with Crippen LogP contribution in [0.15, 0.2) is 58.4 Å². The molecular weight excluding hydrogens is 340 g/mol. The number of phenolic OH excluding ortho intramolecular Hbond substituents is 1. The average molecular weight is 354 g/mol. The second-order valence-corrected chi connectivity index (χ2v) is 6.33. The topological polar surface area (TPSA) is 90.2 Å². The van der Waals surface area contributed by atoms with E-state index in [1.807, 2.05) is 0 Å². The summed E-state index contributed by atoms with van der Waals surface area (Å²) >= 11 is 1.22. The first-order chi connectivity index (χ1) is 11.9. The zero-order chi connectivity index (χ0) is 18.0. The maximum Gasteiger partial charge on any atom is 0.335 e. The van der Waals surface area contributed by atoms with Crippen molar-refractivity contribution in [2.75, 3.05) is 7.05 Å². The molecule has 1 amide bonds. The number of hydrogen-bond donors (Lipinski definition) is 2. The van der Waals surface area contributed by atoms with Crippen LogP contribution in [0.1, 0.15) is 15.9 Å². The summed E-state index contributed by atoms with van der Waals surface area (Å²) in [6, 6.07) is 12.7. The van der Waals surface area contributed by atoms with E-state index in [0.29, 0.717) is 15.8 Å². The molecule has 0 unspecified atom stereocenters. The van der Waals surface area contributed by atoms with E-state index < -0.39 is 5.97 Å². The highest BCUT2D eigenvalue weighted by Crippen LogP contribution is 2.33. The van der Waals surface area contributed by atoms with Crippen molar-refractivity contribution in [3.63, 3.8) is 0 Å². The predicted molar refractivity (Wildman–Crippen MR) is 96.9 cm³/mol. The van der Waals surface area contributed by atoms with Gasteiger partial charge >= 0.3 is 5.97 Å². The van der Waals surface area contributed by atoms with Crippen LogP contribution in [0.2, 0.25) is 0 Å². The molecule has 0 bridgehead atoms. The number of carbonyl (C=O) groups excluding carboxylic acids is 1. The second kappa shape index (κ2) is 6.82. The molecule has 0 saturated carbocycles. The van der Waals surface area contributed by atoms with Gasteiger partial charge in [-0.2, -0.15) is 0 Å². The molecule has 25 heavy (non-hydrogen) atoms. The largest absolute Gasteiger partial charge is 0.508 e. The molecule has 0 aliphatic carbocycles. The fourth-order valence-electron chi connectivity index (χ4n) is 2.21. The van der Waals surface area contributed by atoms with Crippen molar-refractivity contribution < 1.29 is 19.8 Å². The number of rotatable bonds is 3. The van der Waals surface area contributed by atoms with Crippen molar-refractivity contribution in [3.05, 3.63) is 64.6 Å². The summed E-state index contributed by atoms with van der Waals surface area (Å²) in [5.41, 5.74) is 1.46. The number of thioether (sulfide) groups is 1. The van der Waals surface area contributed by atoms with Gasteiger partial charge in [0.15, 0.2) is 5.17 Å². The molecule has 1 heterocycles. The van der Waals surface area contributed by atoms with Crippen LogP contribution in [0.25, 0.3) is 6.08 Å². The number of amides is 1. The number of carbonyl (C=O) groups is 2. The molecule has 126 valence electrons. The summed E-state index contributed by atoms with van der Waals surface area (Å²) in [5.74, 6) is -1.06. The molecule has 6 nitrogen and oxygen atoms in total. The predicted octanol–water partition coefficient (Wildman–Crippen LogP) is 3.32. The first kappa shape index (κ1) is 16.8. The van der Waals surface area contributed by atoms with Crippen molar-refractivity contribution >= 4 is 40.6 Å². The minimum absolute atomic E-state index is 0.130. The molecule has 2 N–H and O–H groups in total. The Kier molecular flexibility index (Phi) is 4.58. The minimum Gasteiger partial charge on any atom is -0.508 e. The van der Waals surface area contributed by atoms with Gasteiger partial charge in [-0.05, 0) is 59.8 Å². The summed E-state index contributed by atoms with van der Waals surface area (Å²) in [4.78, 5) is 29.6. The molecule has 1 aliphatic heterocycles. The number of aliphatic imine (C=N–C) groups is 1. The van der Waals surface area contributed by atoms with Crippen molar-refractivity contribution in [2.45, 2.75) is 0 Å². The van der Waals surface area contributed by atoms with Crippen LogP contribution in [-0.4, -0.2) is 39.2 Å². The lowest BCUT2D eigenvalue weighted by molar-refractivity contribution is -0.121. The van der Waals surface area contributed by atoms with Crippen LogP contribution in [0.5, 0.6) is 5.75 Å². The van der Waals surface area contributed by atoms with Gasteiger partial charge in [-0.3, -0.25) is 9.69 Å². The number of benzene rings is 2. The van der Waals surface area contributed by atoms with Crippen LogP contribution in [0.4, 0.5) is 5.69 Å². The molecule has 0 aromatic heterocycles. The minimum atomic E-state index is -1.00. The maximum absolute atomic E-state index is 12.4. The van der Waals surface area contributed by atoms with Gasteiger partial charge in [0.25, 0.3) is 5.91 Å². The third-order valence-electron chi connectivity index (χ3n) is 3.51. The van der Waals surface area contributed by atoms with Crippen LogP contribution >= 0.6 is 11.8 Å². The van der Waals surface area contributed by atoms with Crippen molar-refractivity contribution in [3.8, 4) is 5.75 Å². The number of amidine groups is 1. The number of carboxylic acids is 1. The van der Waals surface area contributed by atoms with Gasteiger partial charge < -0.3 is 10.2 Å². The highest BCUT2D eigenvalue weighted by Gasteiger charge is 2.30. The number of hydrogen-bond acceptors (Lipinski definition) is 5. The van der Waals surface area contributed by atoms with Crippen LogP contribution in [0, 0.1) is 0 Å². The molecule has 3 rings (SSSR count). The molecule has 1 aliphatic rings. The smallest absolute Gasteiger partial charge is 0.335 e. The highest BCUT2D eigenvalue weighted by atomic mass is 32.2. The summed E-state index contributed by atoms with van der Waals surface area (Å²) in [7, 11) is 1.63. The van der Waals surface area contributed by atoms with Crippen LogP contribution in [0.3, 0.4) is 0 Å². The molecular formula is C18H14N2O4S. The lowest BCUT2D eigenvalue weighted by Crippen LogP contribution is -2.23. The Morgan fingerprint density at radius 3 is 2.56 bits per heavy atom. The monoisotopic (exact) mass is 354 g/mol. The van der Waals surface area contributed by atoms with Gasteiger partial charge in [-0.25, -0.2) is 9.79 Å².